The van der Waals surface area contributed by atoms with Gasteiger partial charge in [0, 0.05) is 49.0 Å². The van der Waals surface area contributed by atoms with Crippen molar-refractivity contribution >= 4 is 124 Å². The van der Waals surface area contributed by atoms with Gasteiger partial charge < -0.3 is 182 Å². The summed E-state index contributed by atoms with van der Waals surface area (Å²) in [5.74, 6) is -14.3. The van der Waals surface area contributed by atoms with E-state index in [1.165, 1.54) is 25.4 Å². The lowest BCUT2D eigenvalue weighted by molar-refractivity contribution is -0.165. The topological polar surface area (TPSA) is 1020 Å². The Morgan fingerprint density at radius 2 is 0.957 bits per heavy atom. The first-order valence-electron chi connectivity index (χ1n) is 43.4. The molecule has 0 spiro atoms. The van der Waals surface area contributed by atoms with Crippen LogP contribution in [0.25, 0.3) is 10.9 Å². The molecule has 52 nitrogen and oxygen atoms in total. The molecule has 792 valence electrons. The van der Waals surface area contributed by atoms with E-state index in [2.05, 4.69) is 30.7 Å². The number of carbonyl (C=O) groups excluding carboxylic acids is 6. The fourth-order valence-electron chi connectivity index (χ4n) is 9.72. The summed E-state index contributed by atoms with van der Waals surface area (Å²) in [4.78, 5) is 191. The van der Waals surface area contributed by atoms with Gasteiger partial charge in [-0.05, 0) is 149 Å². The number of H-pyrrole nitrogens is 2. The van der Waals surface area contributed by atoms with Crippen LogP contribution in [0.4, 0.5) is 0 Å². The number of para-hydroxylation sites is 1. The maximum absolute atomic E-state index is 12.3. The third-order valence-electron chi connectivity index (χ3n) is 18.6. The van der Waals surface area contributed by atoms with Gasteiger partial charge in [0.2, 0.25) is 5.91 Å². The van der Waals surface area contributed by atoms with E-state index in [0.717, 1.165) is 66.4 Å². The van der Waals surface area contributed by atoms with E-state index in [0.29, 0.717) is 55.8 Å². The summed E-state index contributed by atoms with van der Waals surface area (Å²) in [6.07, 6.45) is 12.0. The molecule has 5 aromatic rings. The van der Waals surface area contributed by atoms with Gasteiger partial charge in [-0.3, -0.25) is 71.9 Å². The van der Waals surface area contributed by atoms with E-state index in [-0.39, 0.29) is 62.3 Å². The first-order valence-corrected chi connectivity index (χ1v) is 44.8. The summed E-state index contributed by atoms with van der Waals surface area (Å²) < 4.78 is 19.7. The van der Waals surface area contributed by atoms with Crippen LogP contribution in [-0.2, 0) is 121 Å². The van der Waals surface area contributed by atoms with E-state index in [4.69, 9.17) is 156 Å². The molecule has 0 saturated carbocycles. The second kappa shape index (κ2) is 78.1. The molecular weight excluding hydrogens is 1870 g/mol. The van der Waals surface area contributed by atoms with Gasteiger partial charge in [-0.2, -0.15) is 11.8 Å². The summed E-state index contributed by atoms with van der Waals surface area (Å²) in [5.41, 5.74) is 88.9. The highest BCUT2D eigenvalue weighted by atomic mass is 32.2. The predicted octanol–water partition coefficient (Wildman–Crippen LogP) is -2.95. The molecule has 1 amide bonds. The van der Waals surface area contributed by atoms with Gasteiger partial charge in [-0.1, -0.05) is 115 Å². The molecular formula is C87H146N20O32S. The standard InChI is InChI=1S/C23H34N4O9.C14H17N3O4.C9H11NO2.C6H9N3O2.C6H14N2O2.2C6H13NO2.C5H10N2O3.C5H11NO2S.C5H9NO2.C2H5NO2/c1-11(2)18(26)22(32)35-14-6-4-13(5-7-14)10-16(25)21(31)34-12(3)19(27)23(33)36-17(28)9-8-15(24)20(29)30;15-10(14(20)21-7-11(16)13(18)19)5-8-6-17-12-4-2-1-3-9(8)12;10-8(9(11)12)6-7-4-2-1-3-5-7;7-5(6(10)11)1-4-2-8-3-9-4;7-4-2-1-3-5(8)6(9)10;1-4(2)3-5(7)6(8)9;1-3-4(2)5(7)6(8)9;6-3(5(9)10)1-2-4(7)8;1-9-3-2-4(6)5(7)8;7-5(8)4-2-1-3-6-4;3-1-2(4)5/h4-7,11-12,15-16,18-19H,8-10,24-27H2,1-3H3,(H,29,30);1-4,6,10-11,17H,5,7,15-16H2,(H,18,19);1-5,8H,6,10H2,(H,11,12);2-3,5H,1,7H2,(H,8,9)(H,10,11);5H,1-4,7-8H2,(H,9,10);2*4-5H,3,7H2,1-2H3,(H,8,9);3H,1-2,6H2,(H2,7,8)(H,9,10);4H,2-3,6H2,1H3,(H,7,8);4,6H,1-3H2,(H,7,8);1,3H2,(H,4,5)/t12-,15+,16+,18+,19+;10-,11-;8-;3*5-;4-,5-;3-;2*4-;/m1000000000./s1. The molecule has 46 N–H and O–H groups in total. The normalized spacial score (nSPS) is 14.6. The van der Waals surface area contributed by atoms with Crippen LogP contribution >= 0.6 is 11.8 Å². The van der Waals surface area contributed by atoms with Crippen LogP contribution in [0.1, 0.15) is 148 Å². The zero-order chi connectivity index (χ0) is 109. The molecule has 3 aromatic carbocycles. The van der Waals surface area contributed by atoms with Crippen LogP contribution < -0.4 is 102 Å². The number of ether oxygens (including phenoxy) is 4. The van der Waals surface area contributed by atoms with Crippen molar-refractivity contribution in [1.29, 1.82) is 0 Å². The van der Waals surface area contributed by atoms with Crippen molar-refractivity contribution in [2.24, 2.45) is 109 Å². The van der Waals surface area contributed by atoms with Crippen molar-refractivity contribution in [3.63, 3.8) is 0 Å². The third kappa shape index (κ3) is 69.2. The quantitative estimate of drug-likeness (QED) is 0.00609. The van der Waals surface area contributed by atoms with Gasteiger partial charge in [0.05, 0.1) is 18.6 Å². The number of nitrogens with zero attached hydrogens (tertiary/aromatic N) is 1. The van der Waals surface area contributed by atoms with Crippen LogP contribution in [0.15, 0.2) is 97.6 Å². The molecule has 1 fully saturated rings. The minimum atomic E-state index is -1.48. The number of esters is 5. The molecule has 53 heteroatoms. The molecule has 1 saturated heterocycles. The van der Waals surface area contributed by atoms with Crippen molar-refractivity contribution < 1.29 is 157 Å². The second-order valence-electron chi connectivity index (χ2n) is 31.5. The predicted molar refractivity (Wildman–Crippen MR) is 513 cm³/mol. The zero-order valence-electron chi connectivity index (χ0n) is 79.6. The number of hydrogen-bond acceptors (Lipinski definition) is 39. The zero-order valence-corrected chi connectivity index (χ0v) is 80.4. The number of aromatic amines is 2. The lowest BCUT2D eigenvalue weighted by Crippen LogP contribution is -2.47. The Morgan fingerprint density at radius 3 is 1.37 bits per heavy atom. The number of thioether (sulfide) groups is 1. The van der Waals surface area contributed by atoms with Gasteiger partial charge in [0.15, 0.2) is 0 Å². The molecule has 140 heavy (non-hydrogen) atoms. The van der Waals surface area contributed by atoms with E-state index in [1.54, 1.807) is 50.1 Å². The fraction of sp³-hybridized carbons (Fsp3) is 0.540. The van der Waals surface area contributed by atoms with E-state index in [1.807, 2.05) is 88.5 Å². The summed E-state index contributed by atoms with van der Waals surface area (Å²) in [7, 11) is 0. The number of carboxylic acid groups (broad SMARTS) is 11. The molecule has 3 heterocycles. The van der Waals surface area contributed by atoms with Crippen molar-refractivity contribution in [2.75, 3.05) is 38.2 Å². The smallest absolute Gasteiger partial charge is 0.334 e. The molecule has 1 aliphatic heterocycles. The molecule has 0 radical (unpaired) electrons. The Balaban J connectivity index is -0.000000505. The molecule has 2 aromatic heterocycles. The lowest BCUT2D eigenvalue weighted by atomic mass is 10.0. The number of unbranched alkanes of at least 4 members (excludes halogenated alkanes) is 1. The van der Waals surface area contributed by atoms with Crippen LogP contribution in [0.3, 0.4) is 0 Å². The molecule has 6 rings (SSSR count). The number of aliphatic carboxylic acids is 11. The van der Waals surface area contributed by atoms with Gasteiger partial charge in [0.1, 0.15) is 103 Å². The Labute approximate surface area is 812 Å². The van der Waals surface area contributed by atoms with Gasteiger partial charge in [0.25, 0.3) is 0 Å². The highest BCUT2D eigenvalue weighted by Gasteiger charge is 2.31. The van der Waals surface area contributed by atoms with Gasteiger partial charge in [-0.15, -0.1) is 0 Å². The fourth-order valence-corrected chi connectivity index (χ4v) is 10.2. The number of primary amides is 1. The summed E-state index contributed by atoms with van der Waals surface area (Å²) >= 11 is 1.60. The Morgan fingerprint density at radius 1 is 0.486 bits per heavy atom. The molecule has 0 unspecified atom stereocenters. The Kier molecular flexibility index (Phi) is 75.8. The summed E-state index contributed by atoms with van der Waals surface area (Å²) in [6.45, 7) is 13.4. The second-order valence-corrected chi connectivity index (χ2v) is 32.5. The lowest BCUT2D eigenvalue weighted by Gasteiger charge is -2.21. The average molecular weight is 2020 g/mol. The number of fused-ring (bicyclic) bond motifs is 1. The van der Waals surface area contributed by atoms with Gasteiger partial charge in [-0.25, -0.2) is 14.6 Å². The highest BCUT2D eigenvalue weighted by molar-refractivity contribution is 7.98. The van der Waals surface area contributed by atoms with Crippen molar-refractivity contribution in [3.05, 3.63) is 120 Å². The minimum absolute atomic E-state index is 0.0213. The van der Waals surface area contributed by atoms with Crippen molar-refractivity contribution in [1.82, 2.24) is 20.3 Å². The largest absolute Gasteiger partial charge is 0.480 e. The number of rotatable bonds is 46. The summed E-state index contributed by atoms with van der Waals surface area (Å²) in [6, 6.07) is 10.9. The number of aromatic nitrogens is 3. The van der Waals surface area contributed by atoms with Crippen LogP contribution in [0, 0.1) is 17.8 Å². The SMILES string of the molecule is CC(C)C[C@H](N)C(=O)O.CC(C)[C@H](N)C(=O)Oc1ccc(C[C@H](N)C(=O)O[C@H](C)[C@H](N)C(=O)OC(=O)CC[C@H](N)C(=O)O)cc1.CC[C@H](C)[C@H](N)C(=O)O.CSCC[C@H](N)C(=O)O.NC(=O)CC[C@H](N)C(=O)O.NCC(=O)O.NCCCC[C@H](N)C(=O)O.N[C@@H](COC(=O)[C@@H](N)Cc1c[nH]c2ccccc12)C(=O)O.N[C@@H](Cc1c[nH]cn1)C(=O)O.N[C@@H](Cc1ccccc1)C(=O)O.O=C(O)[C@@H]1CCCN1. The maximum atomic E-state index is 12.3. The number of imidazole rings is 1. The first-order chi connectivity index (χ1) is 65.2. The average Bonchev–Trinajstić information content (AvgIpc) is 1.67. The number of benzene rings is 3. The molecule has 0 aliphatic carbocycles. The number of nitrogens with one attached hydrogen (secondary N) is 3. The number of hydrogen-bond donors (Lipinski definition) is 30. The minimum Gasteiger partial charge on any atom is -0.480 e. The van der Waals surface area contributed by atoms with Crippen LogP contribution in [-0.4, -0.2) is 301 Å². The number of carbonyl (C=O) groups is 17. The van der Waals surface area contributed by atoms with Crippen LogP contribution in [0.2, 0.25) is 0 Å². The van der Waals surface area contributed by atoms with Crippen LogP contribution in [0.5, 0.6) is 5.75 Å². The molecule has 1 aliphatic rings. The van der Waals surface area contributed by atoms with E-state index >= 15 is 0 Å². The third-order valence-corrected chi connectivity index (χ3v) is 19.2. The van der Waals surface area contributed by atoms with Gasteiger partial charge >= 0.3 is 95.5 Å². The molecule has 16 atom stereocenters. The maximum Gasteiger partial charge on any atom is 0.334 e. The van der Waals surface area contributed by atoms with E-state index < -0.39 is 199 Å². The number of nitrogens with two attached hydrogens (primary N) is 16. The van der Waals surface area contributed by atoms with Crippen molar-refractivity contribution in [3.8, 4) is 5.75 Å². The highest BCUT2D eigenvalue weighted by Crippen LogP contribution is 2.20. The summed E-state index contributed by atoms with van der Waals surface area (Å²) in [5, 5.41) is 95.5. The number of amides is 1. The first kappa shape index (κ1) is 136. The Bertz CT molecular complexity index is 4460. The number of carboxylic acids is 11. The van der Waals surface area contributed by atoms with E-state index in [9.17, 15) is 81.5 Å². The molecule has 0 bridgehead atoms. The monoisotopic (exact) mass is 2020 g/mol. The van der Waals surface area contributed by atoms with Crippen molar-refractivity contribution in [2.45, 2.75) is 242 Å². The Hall–Kier alpha value is -12.7.